The van der Waals surface area contributed by atoms with Gasteiger partial charge in [-0.25, -0.2) is 8.42 Å². The van der Waals surface area contributed by atoms with Gasteiger partial charge in [-0.1, -0.05) is 41.9 Å². The molecular weight excluding hydrogens is 348 g/mol. The quantitative estimate of drug-likeness (QED) is 0.903. The predicted octanol–water partition coefficient (Wildman–Crippen LogP) is 2.68. The summed E-state index contributed by atoms with van der Waals surface area (Å²) >= 11 is 6.13. The van der Waals surface area contributed by atoms with Gasteiger partial charge in [0.05, 0.1) is 18.2 Å². The van der Waals surface area contributed by atoms with E-state index in [2.05, 4.69) is 5.32 Å². The molecular formula is C17H19ClN2O3S. The summed E-state index contributed by atoms with van der Waals surface area (Å²) in [4.78, 5) is 0.133. The lowest BCUT2D eigenvalue weighted by Crippen LogP contribution is -2.48. The number of methoxy groups -OCH3 is 1. The van der Waals surface area contributed by atoms with E-state index in [1.54, 1.807) is 31.4 Å². The second-order valence-corrected chi connectivity index (χ2v) is 7.77. The Balaban J connectivity index is 2.06. The number of piperazine rings is 1. The van der Waals surface area contributed by atoms with Crippen molar-refractivity contribution < 1.29 is 13.2 Å². The van der Waals surface area contributed by atoms with Gasteiger partial charge in [-0.05, 0) is 18.2 Å². The van der Waals surface area contributed by atoms with Gasteiger partial charge in [0, 0.05) is 25.2 Å². The summed E-state index contributed by atoms with van der Waals surface area (Å²) in [5, 5.41) is 3.49. The van der Waals surface area contributed by atoms with Crippen LogP contribution < -0.4 is 10.1 Å². The Morgan fingerprint density at radius 3 is 2.62 bits per heavy atom. The van der Waals surface area contributed by atoms with E-state index in [1.165, 1.54) is 4.31 Å². The maximum absolute atomic E-state index is 13.2. The lowest BCUT2D eigenvalue weighted by atomic mass is 10.0. The lowest BCUT2D eigenvalue weighted by Gasteiger charge is -2.36. The molecule has 0 radical (unpaired) electrons. The van der Waals surface area contributed by atoms with Gasteiger partial charge in [-0.15, -0.1) is 0 Å². The van der Waals surface area contributed by atoms with Crippen molar-refractivity contribution in [3.05, 3.63) is 59.1 Å². The molecule has 0 saturated carbocycles. The first-order valence-electron chi connectivity index (χ1n) is 7.65. The second kappa shape index (κ2) is 7.11. The molecule has 128 valence electrons. The molecule has 1 atom stereocenters. The van der Waals surface area contributed by atoms with E-state index in [0.717, 1.165) is 5.56 Å². The van der Waals surface area contributed by atoms with Gasteiger partial charge in [0.1, 0.15) is 10.6 Å². The fraction of sp³-hybridized carbons (Fsp3) is 0.294. The van der Waals surface area contributed by atoms with Crippen LogP contribution in [0, 0.1) is 0 Å². The molecule has 3 rings (SSSR count). The zero-order valence-electron chi connectivity index (χ0n) is 13.3. The van der Waals surface area contributed by atoms with Crippen LogP contribution in [0.1, 0.15) is 11.6 Å². The van der Waals surface area contributed by atoms with Crippen LogP contribution in [0.3, 0.4) is 0 Å². The zero-order valence-corrected chi connectivity index (χ0v) is 14.8. The molecule has 1 N–H and O–H groups in total. The van der Waals surface area contributed by atoms with Crippen LogP contribution in [0.4, 0.5) is 0 Å². The van der Waals surface area contributed by atoms with Crippen molar-refractivity contribution in [3.8, 4) is 5.75 Å². The molecule has 24 heavy (non-hydrogen) atoms. The smallest absolute Gasteiger partial charge is 0.245 e. The molecule has 0 aromatic heterocycles. The van der Waals surface area contributed by atoms with Crippen molar-refractivity contribution in [1.29, 1.82) is 0 Å². The van der Waals surface area contributed by atoms with Crippen molar-refractivity contribution in [3.63, 3.8) is 0 Å². The lowest BCUT2D eigenvalue weighted by molar-refractivity contribution is 0.264. The van der Waals surface area contributed by atoms with E-state index >= 15 is 0 Å². The molecule has 1 aliphatic rings. The molecule has 1 fully saturated rings. The average molecular weight is 367 g/mol. The largest absolute Gasteiger partial charge is 0.496 e. The Bertz CT molecular complexity index is 826. The first-order valence-corrected chi connectivity index (χ1v) is 9.47. The van der Waals surface area contributed by atoms with E-state index in [9.17, 15) is 8.42 Å². The van der Waals surface area contributed by atoms with Crippen LogP contribution in [-0.2, 0) is 10.0 Å². The molecule has 5 nitrogen and oxygen atoms in total. The number of rotatable bonds is 4. The Kier molecular flexibility index (Phi) is 5.10. The van der Waals surface area contributed by atoms with Crippen LogP contribution in [0.15, 0.2) is 53.4 Å². The second-order valence-electron chi connectivity index (χ2n) is 5.51. The highest BCUT2D eigenvalue weighted by Gasteiger charge is 2.36. The molecule has 0 aliphatic carbocycles. The fourth-order valence-corrected chi connectivity index (χ4v) is 5.06. The number of para-hydroxylation sites is 1. The SMILES string of the molecule is COc1ccccc1C1CNCCN1S(=O)(=O)c1ccccc1Cl. The minimum Gasteiger partial charge on any atom is -0.496 e. The molecule has 0 bridgehead atoms. The minimum atomic E-state index is -3.71. The van der Waals surface area contributed by atoms with Crippen molar-refractivity contribution in [2.75, 3.05) is 26.7 Å². The summed E-state index contributed by atoms with van der Waals surface area (Å²) in [6.45, 7) is 1.48. The molecule has 0 spiro atoms. The van der Waals surface area contributed by atoms with Crippen LogP contribution in [0.2, 0.25) is 5.02 Å². The molecule has 0 amide bonds. The molecule has 2 aromatic carbocycles. The van der Waals surface area contributed by atoms with Gasteiger partial charge in [-0.2, -0.15) is 4.31 Å². The summed E-state index contributed by atoms with van der Waals surface area (Å²) < 4.78 is 33.2. The molecule has 1 heterocycles. The predicted molar refractivity (Wildman–Crippen MR) is 93.9 cm³/mol. The average Bonchev–Trinajstić information content (AvgIpc) is 2.62. The summed E-state index contributed by atoms with van der Waals surface area (Å²) in [5.74, 6) is 0.672. The van der Waals surface area contributed by atoms with Crippen LogP contribution in [0.5, 0.6) is 5.75 Å². The number of benzene rings is 2. The van der Waals surface area contributed by atoms with Gasteiger partial charge in [0.15, 0.2) is 0 Å². The highest BCUT2D eigenvalue weighted by molar-refractivity contribution is 7.89. The Hall–Kier alpha value is -1.60. The van der Waals surface area contributed by atoms with Gasteiger partial charge < -0.3 is 10.1 Å². The molecule has 2 aromatic rings. The van der Waals surface area contributed by atoms with Gasteiger partial charge in [-0.3, -0.25) is 0 Å². The van der Waals surface area contributed by atoms with Crippen LogP contribution in [-0.4, -0.2) is 39.5 Å². The first kappa shape index (κ1) is 17.2. The maximum Gasteiger partial charge on any atom is 0.245 e. The molecule has 1 aliphatic heterocycles. The minimum absolute atomic E-state index is 0.133. The fourth-order valence-electron chi connectivity index (χ4n) is 2.96. The van der Waals surface area contributed by atoms with E-state index < -0.39 is 10.0 Å². The Morgan fingerprint density at radius 2 is 1.88 bits per heavy atom. The normalized spacial score (nSPS) is 19.2. The number of halogens is 1. The van der Waals surface area contributed by atoms with Gasteiger partial charge in [0.25, 0.3) is 0 Å². The topological polar surface area (TPSA) is 58.6 Å². The zero-order chi connectivity index (χ0) is 17.2. The van der Waals surface area contributed by atoms with Crippen molar-refractivity contribution in [2.24, 2.45) is 0 Å². The third kappa shape index (κ3) is 3.15. The Labute approximate surface area is 147 Å². The summed E-state index contributed by atoms with van der Waals surface area (Å²) in [7, 11) is -2.12. The summed E-state index contributed by atoms with van der Waals surface area (Å²) in [6.07, 6.45) is 0. The highest BCUT2D eigenvalue weighted by Crippen LogP contribution is 2.35. The molecule has 7 heteroatoms. The summed E-state index contributed by atoms with van der Waals surface area (Å²) in [5.41, 5.74) is 0.836. The standard InChI is InChI=1S/C17H19ClN2O3S/c1-23-16-8-4-2-6-13(16)15-12-19-10-11-20(15)24(21,22)17-9-5-3-7-14(17)18/h2-9,15,19H,10-12H2,1H3. The maximum atomic E-state index is 13.2. The number of sulfonamides is 1. The molecule has 1 saturated heterocycles. The third-order valence-corrected chi connectivity index (χ3v) is 6.52. The Morgan fingerprint density at radius 1 is 1.17 bits per heavy atom. The van der Waals surface area contributed by atoms with Crippen LogP contribution in [0.25, 0.3) is 0 Å². The number of ether oxygens (including phenoxy) is 1. The molecule has 1 unspecified atom stereocenters. The van der Waals surface area contributed by atoms with Crippen molar-refractivity contribution >= 4 is 21.6 Å². The van der Waals surface area contributed by atoms with E-state index in [-0.39, 0.29) is 16.0 Å². The summed E-state index contributed by atoms with van der Waals surface area (Å²) in [6, 6.07) is 13.7. The van der Waals surface area contributed by atoms with E-state index in [1.807, 2.05) is 24.3 Å². The van der Waals surface area contributed by atoms with E-state index in [4.69, 9.17) is 16.3 Å². The third-order valence-electron chi connectivity index (χ3n) is 4.12. The number of hydrogen-bond acceptors (Lipinski definition) is 4. The van der Waals surface area contributed by atoms with Gasteiger partial charge >= 0.3 is 0 Å². The van der Waals surface area contributed by atoms with Crippen LogP contribution >= 0.6 is 11.6 Å². The van der Waals surface area contributed by atoms with Crippen molar-refractivity contribution in [2.45, 2.75) is 10.9 Å². The van der Waals surface area contributed by atoms with Crippen molar-refractivity contribution in [1.82, 2.24) is 9.62 Å². The number of nitrogens with zero attached hydrogens (tertiary/aromatic N) is 1. The first-order chi connectivity index (χ1) is 11.6. The monoisotopic (exact) mass is 366 g/mol. The highest BCUT2D eigenvalue weighted by atomic mass is 35.5. The van der Waals surface area contributed by atoms with Gasteiger partial charge in [0.2, 0.25) is 10.0 Å². The number of nitrogens with one attached hydrogen (secondary N) is 1. The number of hydrogen-bond donors (Lipinski definition) is 1. The van der Waals surface area contributed by atoms with E-state index in [0.29, 0.717) is 25.4 Å².